The van der Waals surface area contributed by atoms with Gasteiger partial charge in [0.1, 0.15) is 0 Å². The molecular weight excluding hydrogens is 280 g/mol. The summed E-state index contributed by atoms with van der Waals surface area (Å²) >= 11 is 0. The maximum absolute atomic E-state index is 9.90. The van der Waals surface area contributed by atoms with Crippen LogP contribution in [0.2, 0.25) is 0 Å². The molecule has 1 saturated carbocycles. The number of hydrogen-bond acceptors (Lipinski definition) is 1. The summed E-state index contributed by atoms with van der Waals surface area (Å²) < 4.78 is 0. The van der Waals surface area contributed by atoms with E-state index in [0.717, 1.165) is 23.8 Å². The minimum Gasteiger partial charge on any atom is -0.388 e. The highest BCUT2D eigenvalue weighted by Crippen LogP contribution is 2.38. The van der Waals surface area contributed by atoms with E-state index in [-0.39, 0.29) is 6.10 Å². The topological polar surface area (TPSA) is 20.2 Å². The van der Waals surface area contributed by atoms with Crippen LogP contribution in [-0.4, -0.2) is 5.11 Å². The molecule has 1 unspecified atom stereocenters. The van der Waals surface area contributed by atoms with Crippen molar-refractivity contribution >= 4 is 0 Å². The zero-order chi connectivity index (χ0) is 16.5. The van der Waals surface area contributed by atoms with Crippen LogP contribution in [0.3, 0.4) is 0 Å². The van der Waals surface area contributed by atoms with Gasteiger partial charge in [-0.05, 0) is 55.1 Å². The van der Waals surface area contributed by atoms with Crippen molar-refractivity contribution in [1.29, 1.82) is 0 Å². The molecule has 0 saturated heterocycles. The summed E-state index contributed by atoms with van der Waals surface area (Å²) in [6, 6.07) is 8.76. The van der Waals surface area contributed by atoms with Crippen molar-refractivity contribution < 1.29 is 5.11 Å². The van der Waals surface area contributed by atoms with E-state index in [1.807, 2.05) is 6.92 Å². The summed E-state index contributed by atoms with van der Waals surface area (Å²) in [5.41, 5.74) is 2.55. The molecule has 130 valence electrons. The Morgan fingerprint density at radius 3 is 2.17 bits per heavy atom. The molecule has 1 atom stereocenters. The summed E-state index contributed by atoms with van der Waals surface area (Å²) in [5, 5.41) is 9.90. The van der Waals surface area contributed by atoms with Crippen LogP contribution in [-0.2, 0) is 0 Å². The van der Waals surface area contributed by atoms with E-state index >= 15 is 0 Å². The molecule has 1 aromatic rings. The second kappa shape index (κ2) is 10.1. The van der Waals surface area contributed by atoms with Crippen molar-refractivity contribution in [3.63, 3.8) is 0 Å². The molecule has 1 nitrogen and oxygen atoms in total. The van der Waals surface area contributed by atoms with Crippen LogP contribution >= 0.6 is 0 Å². The lowest BCUT2D eigenvalue weighted by molar-refractivity contribution is 0.173. The quantitative estimate of drug-likeness (QED) is 0.499. The van der Waals surface area contributed by atoms with Gasteiger partial charge in [0.2, 0.25) is 0 Å². The average Bonchev–Trinajstić information content (AvgIpc) is 2.61. The highest BCUT2D eigenvalue weighted by Gasteiger charge is 2.22. The second-order valence-electron chi connectivity index (χ2n) is 7.51. The Balaban J connectivity index is 1.71. The van der Waals surface area contributed by atoms with Crippen LogP contribution in [0, 0.1) is 5.92 Å². The van der Waals surface area contributed by atoms with Crippen molar-refractivity contribution in [3.8, 4) is 0 Å². The van der Waals surface area contributed by atoms with Crippen LogP contribution in [0.1, 0.15) is 108 Å². The van der Waals surface area contributed by atoms with Gasteiger partial charge in [0.05, 0.1) is 6.10 Å². The van der Waals surface area contributed by atoms with E-state index < -0.39 is 0 Å². The Morgan fingerprint density at radius 1 is 0.913 bits per heavy atom. The minimum absolute atomic E-state index is 0.299. The molecule has 1 aliphatic carbocycles. The Morgan fingerprint density at radius 2 is 1.57 bits per heavy atom. The lowest BCUT2D eigenvalue weighted by Crippen LogP contribution is -2.13. The number of unbranched alkanes of at least 4 members (excludes halogenated alkanes) is 4. The van der Waals surface area contributed by atoms with Gasteiger partial charge in [-0.25, -0.2) is 0 Å². The standard InChI is InChI=1S/C22H36O/c1-3-5-6-7-8-9-18-10-12-19(13-11-18)20-14-16-21(17-15-20)22(23)4-2/h14-19,22-23H,3-13H2,1-2H3. The number of aliphatic hydroxyl groups is 1. The third kappa shape index (κ3) is 5.95. The number of aliphatic hydroxyl groups excluding tert-OH is 1. The fourth-order valence-corrected chi connectivity index (χ4v) is 4.05. The zero-order valence-corrected chi connectivity index (χ0v) is 15.3. The third-order valence-corrected chi connectivity index (χ3v) is 5.74. The molecule has 1 fully saturated rings. The SMILES string of the molecule is CCCCCCCC1CCC(c2ccc(C(O)CC)cc2)CC1. The first-order valence-corrected chi connectivity index (χ1v) is 10.0. The molecule has 0 aromatic heterocycles. The average molecular weight is 317 g/mol. The van der Waals surface area contributed by atoms with E-state index in [1.54, 1.807) is 0 Å². The number of benzene rings is 1. The van der Waals surface area contributed by atoms with Crippen LogP contribution in [0.5, 0.6) is 0 Å². The summed E-state index contributed by atoms with van der Waals surface area (Å²) in [6.45, 7) is 4.32. The van der Waals surface area contributed by atoms with E-state index in [1.165, 1.54) is 69.8 Å². The van der Waals surface area contributed by atoms with Crippen molar-refractivity contribution in [2.75, 3.05) is 0 Å². The molecule has 0 spiro atoms. The smallest absolute Gasteiger partial charge is 0.0787 e. The van der Waals surface area contributed by atoms with Crippen LogP contribution in [0.25, 0.3) is 0 Å². The molecule has 2 rings (SSSR count). The molecule has 23 heavy (non-hydrogen) atoms. The first kappa shape index (κ1) is 18.5. The Bertz CT molecular complexity index is 414. The molecule has 0 bridgehead atoms. The van der Waals surface area contributed by atoms with E-state index in [4.69, 9.17) is 0 Å². The maximum Gasteiger partial charge on any atom is 0.0787 e. The minimum atomic E-state index is -0.299. The lowest BCUT2D eigenvalue weighted by atomic mass is 9.77. The molecular formula is C22H36O. The van der Waals surface area contributed by atoms with Crippen molar-refractivity contribution in [2.24, 2.45) is 5.92 Å². The second-order valence-corrected chi connectivity index (χ2v) is 7.51. The van der Waals surface area contributed by atoms with Gasteiger partial charge in [0.15, 0.2) is 0 Å². The van der Waals surface area contributed by atoms with Gasteiger partial charge >= 0.3 is 0 Å². The molecule has 0 radical (unpaired) electrons. The van der Waals surface area contributed by atoms with Gasteiger partial charge < -0.3 is 5.11 Å². The van der Waals surface area contributed by atoms with E-state index in [0.29, 0.717) is 0 Å². The third-order valence-electron chi connectivity index (χ3n) is 5.74. The molecule has 0 heterocycles. The molecule has 1 heteroatoms. The molecule has 0 amide bonds. The Kier molecular flexibility index (Phi) is 8.16. The number of hydrogen-bond donors (Lipinski definition) is 1. The summed E-state index contributed by atoms with van der Waals surface area (Å²) in [4.78, 5) is 0. The van der Waals surface area contributed by atoms with Crippen molar-refractivity contribution in [2.45, 2.75) is 96.5 Å². The van der Waals surface area contributed by atoms with Gasteiger partial charge in [-0.1, -0.05) is 76.6 Å². The van der Waals surface area contributed by atoms with Crippen LogP contribution < -0.4 is 0 Å². The molecule has 1 aliphatic rings. The summed E-state index contributed by atoms with van der Waals surface area (Å²) in [6.07, 6.45) is 14.6. The number of rotatable bonds is 9. The zero-order valence-electron chi connectivity index (χ0n) is 15.3. The maximum atomic E-state index is 9.90. The fourth-order valence-electron chi connectivity index (χ4n) is 4.05. The Labute approximate surface area is 143 Å². The monoisotopic (exact) mass is 316 g/mol. The van der Waals surface area contributed by atoms with Crippen LogP contribution in [0.4, 0.5) is 0 Å². The van der Waals surface area contributed by atoms with Crippen molar-refractivity contribution in [3.05, 3.63) is 35.4 Å². The summed E-state index contributed by atoms with van der Waals surface area (Å²) in [7, 11) is 0. The lowest BCUT2D eigenvalue weighted by Gasteiger charge is -2.29. The highest BCUT2D eigenvalue weighted by molar-refractivity contribution is 5.27. The van der Waals surface area contributed by atoms with Gasteiger partial charge in [-0.3, -0.25) is 0 Å². The van der Waals surface area contributed by atoms with Gasteiger partial charge in [0.25, 0.3) is 0 Å². The fraction of sp³-hybridized carbons (Fsp3) is 0.727. The van der Waals surface area contributed by atoms with E-state index in [9.17, 15) is 5.11 Å². The van der Waals surface area contributed by atoms with E-state index in [2.05, 4.69) is 31.2 Å². The molecule has 1 N–H and O–H groups in total. The first-order chi connectivity index (χ1) is 11.2. The normalized spacial score (nSPS) is 22.9. The van der Waals surface area contributed by atoms with Crippen LogP contribution in [0.15, 0.2) is 24.3 Å². The summed E-state index contributed by atoms with van der Waals surface area (Å²) in [5.74, 6) is 1.73. The largest absolute Gasteiger partial charge is 0.388 e. The Hall–Kier alpha value is -0.820. The molecule has 1 aromatic carbocycles. The highest BCUT2D eigenvalue weighted by atomic mass is 16.3. The predicted octanol–water partition coefficient (Wildman–Crippen LogP) is 6.76. The first-order valence-electron chi connectivity index (χ1n) is 10.0. The van der Waals surface area contributed by atoms with Gasteiger partial charge in [0, 0.05) is 0 Å². The molecule has 0 aliphatic heterocycles. The van der Waals surface area contributed by atoms with Gasteiger partial charge in [-0.2, -0.15) is 0 Å². The predicted molar refractivity (Wildman–Crippen MR) is 99.8 cm³/mol. The van der Waals surface area contributed by atoms with Gasteiger partial charge in [-0.15, -0.1) is 0 Å². The van der Waals surface area contributed by atoms with Crippen molar-refractivity contribution in [1.82, 2.24) is 0 Å².